The second kappa shape index (κ2) is 3.51. The van der Waals surface area contributed by atoms with Gasteiger partial charge in [-0.15, -0.1) is 0 Å². The Balaban J connectivity index is 1.72. The lowest BCUT2D eigenvalue weighted by Crippen LogP contribution is -2.65. The van der Waals surface area contributed by atoms with Crippen molar-refractivity contribution in [2.75, 3.05) is 0 Å². The lowest BCUT2D eigenvalue weighted by Gasteiger charge is -2.55. The summed E-state index contributed by atoms with van der Waals surface area (Å²) in [4.78, 5) is 0. The van der Waals surface area contributed by atoms with Crippen LogP contribution < -0.4 is 5.19 Å². The Kier molecular flexibility index (Phi) is 2.24. The number of fused-ring (bicyclic) bond motifs is 1. The van der Waals surface area contributed by atoms with E-state index in [-0.39, 0.29) is 0 Å². The van der Waals surface area contributed by atoms with E-state index in [4.69, 9.17) is 4.74 Å². The summed E-state index contributed by atoms with van der Waals surface area (Å²) in [5, 5.41) is 12.3. The first-order valence-electron chi connectivity index (χ1n) is 7.39. The van der Waals surface area contributed by atoms with Crippen LogP contribution in [0, 0.1) is 11.8 Å². The summed E-state index contributed by atoms with van der Waals surface area (Å²) >= 11 is 0. The van der Waals surface area contributed by atoms with Crippen molar-refractivity contribution >= 4 is 13.3 Å². The van der Waals surface area contributed by atoms with Crippen LogP contribution in [-0.4, -0.2) is 31.0 Å². The van der Waals surface area contributed by atoms with E-state index in [1.807, 2.05) is 0 Å². The number of benzene rings is 1. The van der Waals surface area contributed by atoms with E-state index in [9.17, 15) is 5.11 Å². The molecule has 3 fully saturated rings. The van der Waals surface area contributed by atoms with Crippen molar-refractivity contribution in [1.29, 1.82) is 0 Å². The minimum absolute atomic E-state index is 0.304. The van der Waals surface area contributed by atoms with Crippen LogP contribution in [-0.2, 0) is 4.74 Å². The van der Waals surface area contributed by atoms with Crippen LogP contribution in [0.4, 0.5) is 0 Å². The third kappa shape index (κ3) is 1.29. The Bertz CT molecular complexity index is 515. The number of rotatable bonds is 2. The maximum absolute atomic E-state index is 10.8. The monoisotopic (exact) mass is 274 g/mol. The van der Waals surface area contributed by atoms with Gasteiger partial charge in [0, 0.05) is 18.3 Å². The fraction of sp³-hybridized carbons (Fsp3) is 0.625. The van der Waals surface area contributed by atoms with Crippen LogP contribution in [0.2, 0.25) is 18.6 Å². The fourth-order valence-corrected chi connectivity index (χ4v) is 9.03. The first kappa shape index (κ1) is 12.1. The second-order valence-electron chi connectivity index (χ2n) is 7.26. The van der Waals surface area contributed by atoms with E-state index in [0.717, 1.165) is 6.42 Å². The van der Waals surface area contributed by atoms with E-state index in [2.05, 4.69) is 50.3 Å². The van der Waals surface area contributed by atoms with Crippen LogP contribution in [0.15, 0.2) is 30.3 Å². The molecule has 2 bridgehead atoms. The Morgan fingerprint density at radius 2 is 1.95 bits per heavy atom. The Labute approximate surface area is 115 Å². The molecule has 1 aromatic carbocycles. The molecule has 1 aromatic rings. The van der Waals surface area contributed by atoms with Gasteiger partial charge in [-0.2, -0.15) is 0 Å². The fourth-order valence-electron chi connectivity index (χ4n) is 5.09. The number of hydrogen-bond acceptors (Lipinski definition) is 2. The molecule has 0 aromatic heterocycles. The van der Waals surface area contributed by atoms with E-state index in [0.29, 0.717) is 29.6 Å². The molecule has 2 saturated carbocycles. The number of aliphatic hydroxyl groups is 1. The molecular weight excluding hydrogens is 252 g/mol. The van der Waals surface area contributed by atoms with E-state index < -0.39 is 13.7 Å². The van der Waals surface area contributed by atoms with Gasteiger partial charge in [0.15, 0.2) is 0 Å². The maximum atomic E-state index is 10.8. The van der Waals surface area contributed by atoms with Gasteiger partial charge in [0.25, 0.3) is 0 Å². The van der Waals surface area contributed by atoms with Gasteiger partial charge in [-0.1, -0.05) is 55.5 Å². The van der Waals surface area contributed by atoms with Gasteiger partial charge in [-0.25, -0.2) is 0 Å². The van der Waals surface area contributed by atoms with Gasteiger partial charge in [0.2, 0.25) is 0 Å². The third-order valence-electron chi connectivity index (χ3n) is 6.21. The van der Waals surface area contributed by atoms with Crippen molar-refractivity contribution in [2.45, 2.75) is 49.8 Å². The summed E-state index contributed by atoms with van der Waals surface area (Å²) in [6.07, 6.45) is 1.49. The van der Waals surface area contributed by atoms with Crippen LogP contribution in [0.1, 0.15) is 13.3 Å². The molecule has 1 N–H and O–H groups in total. The van der Waals surface area contributed by atoms with Gasteiger partial charge < -0.3 is 9.84 Å². The van der Waals surface area contributed by atoms with Crippen molar-refractivity contribution in [3.8, 4) is 0 Å². The molecule has 19 heavy (non-hydrogen) atoms. The number of hydrogen-bond donors (Lipinski definition) is 1. The first-order chi connectivity index (χ1) is 8.96. The van der Waals surface area contributed by atoms with E-state index in [1.165, 1.54) is 5.19 Å². The predicted molar refractivity (Wildman–Crippen MR) is 78.2 cm³/mol. The van der Waals surface area contributed by atoms with Crippen LogP contribution in [0.5, 0.6) is 0 Å². The van der Waals surface area contributed by atoms with Crippen molar-refractivity contribution in [2.24, 2.45) is 11.8 Å². The molecule has 6 atom stereocenters. The summed E-state index contributed by atoms with van der Waals surface area (Å²) in [7, 11) is -1.58. The summed E-state index contributed by atoms with van der Waals surface area (Å²) in [6, 6.07) is 10.9. The van der Waals surface area contributed by atoms with Gasteiger partial charge in [-0.05, 0) is 5.54 Å². The molecule has 0 spiro atoms. The highest BCUT2D eigenvalue weighted by molar-refractivity contribution is 6.91. The highest BCUT2D eigenvalue weighted by Gasteiger charge is 2.76. The lowest BCUT2D eigenvalue weighted by atomic mass is 9.60. The van der Waals surface area contributed by atoms with E-state index >= 15 is 0 Å². The maximum Gasteiger partial charge on any atom is 0.0867 e. The predicted octanol–water partition coefficient (Wildman–Crippen LogP) is 2.14. The molecular formula is C16H22O2Si. The highest BCUT2D eigenvalue weighted by Crippen LogP contribution is 2.69. The Morgan fingerprint density at radius 3 is 2.53 bits per heavy atom. The molecule has 1 aliphatic heterocycles. The van der Waals surface area contributed by atoms with Crippen molar-refractivity contribution in [3.63, 3.8) is 0 Å². The molecule has 0 amide bonds. The van der Waals surface area contributed by atoms with Crippen molar-refractivity contribution < 1.29 is 9.84 Å². The van der Waals surface area contributed by atoms with E-state index in [1.54, 1.807) is 0 Å². The molecule has 1 saturated heterocycles. The third-order valence-corrected chi connectivity index (χ3v) is 10.4. The molecule has 3 heteroatoms. The van der Waals surface area contributed by atoms with Gasteiger partial charge in [-0.3, -0.25) is 0 Å². The molecule has 3 aliphatic rings. The van der Waals surface area contributed by atoms with Crippen molar-refractivity contribution in [3.05, 3.63) is 30.3 Å². The molecule has 2 aliphatic carbocycles. The summed E-state index contributed by atoms with van der Waals surface area (Å²) in [6.45, 7) is 7.04. The zero-order valence-corrected chi connectivity index (χ0v) is 12.8. The summed E-state index contributed by atoms with van der Waals surface area (Å²) in [5.74, 6) is 0.730. The van der Waals surface area contributed by atoms with Gasteiger partial charge >= 0.3 is 0 Å². The Morgan fingerprint density at radius 1 is 1.26 bits per heavy atom. The molecule has 1 heterocycles. The minimum Gasteiger partial charge on any atom is -0.389 e. The summed E-state index contributed by atoms with van der Waals surface area (Å²) in [5.41, 5.74) is 0.165. The standard InChI is InChI=1S/C16H22O2Si/c1-10-14-13-15(12(18-14)9-16(10,13)17)19(2,3)11-7-5-4-6-8-11/h4-8,10,12-15,17H,9H2,1-3H3. The molecule has 102 valence electrons. The van der Waals surface area contributed by atoms with Crippen molar-refractivity contribution in [1.82, 2.24) is 0 Å². The number of ether oxygens (including phenoxy) is 1. The zero-order chi connectivity index (χ0) is 13.4. The minimum atomic E-state index is -1.58. The normalized spacial score (nSPS) is 47.3. The lowest BCUT2D eigenvalue weighted by molar-refractivity contribution is -0.248. The second-order valence-corrected chi connectivity index (χ2v) is 11.9. The zero-order valence-electron chi connectivity index (χ0n) is 11.8. The van der Waals surface area contributed by atoms with Crippen LogP contribution in [0.25, 0.3) is 0 Å². The quantitative estimate of drug-likeness (QED) is 0.837. The topological polar surface area (TPSA) is 29.5 Å². The smallest absolute Gasteiger partial charge is 0.0867 e. The highest BCUT2D eigenvalue weighted by atomic mass is 28.3. The molecule has 0 radical (unpaired) electrons. The molecule has 6 unspecified atom stereocenters. The molecule has 2 nitrogen and oxygen atoms in total. The SMILES string of the molecule is CC1C2OC3CC1(O)C2C3[Si](C)(C)c1ccccc1. The van der Waals surface area contributed by atoms with Gasteiger partial charge in [0.1, 0.15) is 0 Å². The summed E-state index contributed by atoms with van der Waals surface area (Å²) < 4.78 is 6.20. The average molecular weight is 274 g/mol. The van der Waals surface area contributed by atoms with Crippen LogP contribution in [0.3, 0.4) is 0 Å². The largest absolute Gasteiger partial charge is 0.389 e. The first-order valence-corrected chi connectivity index (χ1v) is 10.5. The van der Waals surface area contributed by atoms with Crippen LogP contribution >= 0.6 is 0 Å². The Hall–Kier alpha value is -0.643. The average Bonchev–Trinajstić information content (AvgIpc) is 2.89. The van der Waals surface area contributed by atoms with Gasteiger partial charge in [0.05, 0.1) is 25.9 Å². The molecule has 4 rings (SSSR count).